The summed E-state index contributed by atoms with van der Waals surface area (Å²) in [6.07, 6.45) is 2.22. The van der Waals surface area contributed by atoms with Crippen molar-refractivity contribution in [1.82, 2.24) is 46.6 Å². The zero-order valence-corrected chi connectivity index (χ0v) is 43.9. The van der Waals surface area contributed by atoms with Crippen molar-refractivity contribution in [2.45, 2.75) is 134 Å². The van der Waals surface area contributed by atoms with Gasteiger partial charge in [0.15, 0.2) is 11.9 Å². The molecule has 17 N–H and O–H groups in total. The molecule has 0 fully saturated rings. The number of guanidine groups is 2. The van der Waals surface area contributed by atoms with Gasteiger partial charge in [-0.15, -0.1) is 0 Å². The quantitative estimate of drug-likeness (QED) is 0.0233. The molecule has 0 bridgehead atoms. The second-order valence-electron chi connectivity index (χ2n) is 18.8. The number of nitrogens with one attached hydrogen (secondary N) is 8. The van der Waals surface area contributed by atoms with E-state index in [0.717, 1.165) is 10.5 Å². The number of phenols is 1. The third kappa shape index (κ3) is 21.7. The van der Waals surface area contributed by atoms with Crippen molar-refractivity contribution in [3.63, 3.8) is 0 Å². The Kier molecular flexibility index (Phi) is 26.9. The van der Waals surface area contributed by atoms with E-state index in [9.17, 15) is 43.5 Å². The molecule has 2 aromatic rings. The number of unbranched alkanes of at least 4 members (excludes halogenated alkanes) is 1. The minimum Gasteiger partial charge on any atom is -0.508 e. The van der Waals surface area contributed by atoms with Gasteiger partial charge in [0.05, 0.1) is 12.6 Å². The largest absolute Gasteiger partial charge is 0.508 e. The van der Waals surface area contributed by atoms with Crippen molar-refractivity contribution in [2.75, 3.05) is 40.8 Å². The molecule has 0 aliphatic rings. The van der Waals surface area contributed by atoms with Crippen LogP contribution < -0.4 is 54.8 Å². The molecule has 24 nitrogen and oxygen atoms in total. The van der Waals surface area contributed by atoms with Crippen molar-refractivity contribution in [2.24, 2.45) is 28.9 Å². The minimum atomic E-state index is -1.22. The number of rotatable bonds is 32. The third-order valence-electron chi connectivity index (χ3n) is 12.3. The van der Waals surface area contributed by atoms with Crippen LogP contribution in [0.25, 0.3) is 0 Å². The van der Waals surface area contributed by atoms with Gasteiger partial charge in [0.2, 0.25) is 47.3 Å². The van der Waals surface area contributed by atoms with Crippen LogP contribution in [0.1, 0.15) is 90.2 Å². The molecule has 0 heterocycles. The summed E-state index contributed by atoms with van der Waals surface area (Å²) in [6.45, 7) is 6.95. The summed E-state index contributed by atoms with van der Waals surface area (Å²) in [5.74, 6) is -6.06. The van der Waals surface area contributed by atoms with E-state index in [0.29, 0.717) is 18.4 Å². The SMILES string of the molecule is CCCC[C@H](NC(=O)[C@H](CC(C)C)N(C)C(=O)[C@H](Cc1ccccc1)NC(=O)[C@@H](N)Cc1ccc(O)cc1)C(=O)N(C)[C@@H](CCCNC(=N)N)C(=O)N(C)[C@@H](C)C(=O)N[C@@H](CCCNC(=N)N)C(=O)NCC(N)=O. The highest BCUT2D eigenvalue weighted by atomic mass is 16.3. The molecule has 0 aromatic heterocycles. The molecule has 8 amide bonds. The van der Waals surface area contributed by atoms with Crippen LogP contribution in [0.4, 0.5) is 0 Å². The number of amides is 8. The van der Waals surface area contributed by atoms with E-state index < -0.39 is 96.1 Å². The van der Waals surface area contributed by atoms with Gasteiger partial charge in [0.25, 0.3) is 0 Å². The van der Waals surface area contributed by atoms with Crippen LogP contribution in [-0.4, -0.2) is 162 Å². The lowest BCUT2D eigenvalue weighted by Crippen LogP contribution is -2.60. The maximum atomic E-state index is 14.7. The Bertz CT molecular complexity index is 2200. The number of likely N-dealkylation sites (N-methyl/N-ethyl adjacent to an activating group) is 3. The highest BCUT2D eigenvalue weighted by Crippen LogP contribution is 2.19. The molecule has 74 heavy (non-hydrogen) atoms. The molecule has 2 aromatic carbocycles. The topological polar surface area (TPSA) is 390 Å². The monoisotopic (exact) mass is 1040 g/mol. The van der Waals surface area contributed by atoms with E-state index in [4.69, 9.17) is 33.8 Å². The first kappa shape index (κ1) is 62.6. The molecule has 410 valence electrons. The molecule has 0 aliphatic carbocycles. The average Bonchev–Trinajstić information content (AvgIpc) is 3.35. The number of phenolic OH excluding ortho intramolecular Hbond substituents is 1. The van der Waals surface area contributed by atoms with E-state index in [1.165, 1.54) is 50.0 Å². The maximum absolute atomic E-state index is 14.7. The van der Waals surface area contributed by atoms with Crippen LogP contribution in [-0.2, 0) is 51.2 Å². The fourth-order valence-electron chi connectivity index (χ4n) is 7.92. The Morgan fingerprint density at radius 1 is 0.581 bits per heavy atom. The third-order valence-corrected chi connectivity index (χ3v) is 12.3. The van der Waals surface area contributed by atoms with Crippen molar-refractivity contribution in [3.8, 4) is 5.75 Å². The summed E-state index contributed by atoms with van der Waals surface area (Å²) in [6, 6.07) is 7.12. The maximum Gasteiger partial charge on any atom is 0.245 e. The van der Waals surface area contributed by atoms with Crippen LogP contribution in [0, 0.1) is 16.7 Å². The van der Waals surface area contributed by atoms with Gasteiger partial charge < -0.3 is 74.6 Å². The Morgan fingerprint density at radius 2 is 1.09 bits per heavy atom. The Labute approximate surface area is 434 Å². The minimum absolute atomic E-state index is 0.0239. The number of nitrogens with two attached hydrogens (primary N) is 4. The van der Waals surface area contributed by atoms with Gasteiger partial charge in [-0.1, -0.05) is 76.1 Å². The first-order valence-electron chi connectivity index (χ1n) is 24.9. The summed E-state index contributed by atoms with van der Waals surface area (Å²) in [5.41, 5.74) is 23.8. The first-order valence-corrected chi connectivity index (χ1v) is 24.9. The predicted octanol–water partition coefficient (Wildman–Crippen LogP) is -1.18. The summed E-state index contributed by atoms with van der Waals surface area (Å²) < 4.78 is 0. The summed E-state index contributed by atoms with van der Waals surface area (Å²) >= 11 is 0. The Balaban J connectivity index is 2.46. The molecule has 24 heteroatoms. The molecule has 7 atom stereocenters. The van der Waals surface area contributed by atoms with E-state index in [1.807, 2.05) is 26.8 Å². The van der Waals surface area contributed by atoms with Crippen molar-refractivity contribution < 1.29 is 43.5 Å². The van der Waals surface area contributed by atoms with Crippen molar-refractivity contribution >= 4 is 59.2 Å². The van der Waals surface area contributed by atoms with Crippen molar-refractivity contribution in [3.05, 3.63) is 65.7 Å². The van der Waals surface area contributed by atoms with E-state index in [-0.39, 0.29) is 88.0 Å². The van der Waals surface area contributed by atoms with Crippen LogP contribution in [0.15, 0.2) is 54.6 Å². The van der Waals surface area contributed by atoms with Crippen LogP contribution in [0.2, 0.25) is 0 Å². The Morgan fingerprint density at radius 3 is 1.65 bits per heavy atom. The van der Waals surface area contributed by atoms with Crippen LogP contribution in [0.5, 0.6) is 5.75 Å². The molecule has 2 rings (SSSR count). The molecule has 0 radical (unpaired) electrons. The molecular formula is C50H81N15O9. The van der Waals surface area contributed by atoms with E-state index in [1.54, 1.807) is 36.4 Å². The van der Waals surface area contributed by atoms with E-state index in [2.05, 4.69) is 31.9 Å². The van der Waals surface area contributed by atoms with E-state index >= 15 is 0 Å². The zero-order chi connectivity index (χ0) is 55.7. The number of hydrogen-bond donors (Lipinski definition) is 13. The standard InChI is InChI=1S/C50H81N15O9/c1-8-9-17-37(61-45(71)40(26-30(2)3)65(7)47(73)38(28-32-15-11-10-12-16-32)62-43(69)35(51)27-33-20-22-34(66)23-21-33)46(72)64(6)39(19-14-25-58-50(55)56)48(74)63(5)31(4)42(68)60-36(18-13-24-57-49(53)54)44(70)59-29-41(52)67/h10-12,15-16,20-23,30-31,35-40,66H,8-9,13-14,17-19,24-29,51H2,1-7H3,(H2,52,67)(H,59,70)(H,60,68)(H,61,71)(H,62,69)(H4,53,54,57)(H4,55,56,58)/t31-,35-,36-,37-,38-,39-,40-/m0/s1. The average molecular weight is 1040 g/mol. The first-order chi connectivity index (χ1) is 34.9. The van der Waals surface area contributed by atoms with Gasteiger partial charge in [-0.05, 0) is 81.0 Å². The number of nitrogens with zero attached hydrogens (tertiary/aromatic N) is 3. The molecule has 0 unspecified atom stereocenters. The lowest BCUT2D eigenvalue weighted by atomic mass is 9.98. The normalized spacial score (nSPS) is 13.8. The number of carbonyl (C=O) groups is 8. The summed E-state index contributed by atoms with van der Waals surface area (Å²) in [7, 11) is 4.23. The fraction of sp³-hybridized carbons (Fsp3) is 0.560. The van der Waals surface area contributed by atoms with Crippen LogP contribution >= 0.6 is 0 Å². The highest BCUT2D eigenvalue weighted by Gasteiger charge is 2.39. The van der Waals surface area contributed by atoms with Crippen LogP contribution in [0.3, 0.4) is 0 Å². The molecule has 0 spiro atoms. The fourth-order valence-corrected chi connectivity index (χ4v) is 7.92. The second-order valence-corrected chi connectivity index (χ2v) is 18.8. The highest BCUT2D eigenvalue weighted by molar-refractivity contribution is 5.97. The van der Waals surface area contributed by atoms with Gasteiger partial charge in [0, 0.05) is 40.7 Å². The van der Waals surface area contributed by atoms with Gasteiger partial charge in [-0.3, -0.25) is 49.2 Å². The number of carbonyl (C=O) groups excluding carboxylic acids is 8. The lowest BCUT2D eigenvalue weighted by molar-refractivity contribution is -0.149. The molecule has 0 saturated heterocycles. The zero-order valence-electron chi connectivity index (χ0n) is 43.9. The van der Waals surface area contributed by atoms with Gasteiger partial charge in [-0.2, -0.15) is 0 Å². The van der Waals surface area contributed by atoms with Gasteiger partial charge in [-0.25, -0.2) is 0 Å². The Hall–Kier alpha value is -7.50. The smallest absolute Gasteiger partial charge is 0.245 e. The number of primary amides is 1. The summed E-state index contributed by atoms with van der Waals surface area (Å²) in [4.78, 5) is 114. The molecular weight excluding hydrogens is 955 g/mol. The summed E-state index contributed by atoms with van der Waals surface area (Å²) in [5, 5.41) is 40.7. The lowest BCUT2D eigenvalue weighted by Gasteiger charge is -2.36. The van der Waals surface area contributed by atoms with Gasteiger partial charge in [0.1, 0.15) is 42.0 Å². The van der Waals surface area contributed by atoms with Gasteiger partial charge >= 0.3 is 0 Å². The number of benzene rings is 2. The predicted molar refractivity (Wildman–Crippen MR) is 281 cm³/mol. The number of hydrogen-bond acceptors (Lipinski definition) is 12. The molecule has 0 saturated carbocycles. The van der Waals surface area contributed by atoms with Crippen molar-refractivity contribution in [1.29, 1.82) is 10.8 Å². The number of aromatic hydroxyl groups is 1. The molecule has 0 aliphatic heterocycles. The second kappa shape index (κ2) is 31.8.